The Balaban J connectivity index is 1.56. The standard InChI is InChI=1S/C19H18N6O2/c1-13-21-19(27-24-13)23-17(26)12-25-16-10-6-5-9-15(16)22-18(25)20-11-14-7-3-2-4-8-14/h2-10H,11-12H2,1H3,(H,20,22)(H,21,23,24,26). The average Bonchev–Trinajstić information content (AvgIpc) is 3.24. The van der Waals surface area contributed by atoms with Crippen molar-refractivity contribution in [2.45, 2.75) is 20.0 Å². The van der Waals surface area contributed by atoms with Crippen LogP contribution in [0.3, 0.4) is 0 Å². The summed E-state index contributed by atoms with van der Waals surface area (Å²) in [6.07, 6.45) is 0. The molecule has 4 rings (SSSR count). The number of hydrogen-bond acceptors (Lipinski definition) is 6. The van der Waals surface area contributed by atoms with E-state index < -0.39 is 0 Å². The van der Waals surface area contributed by atoms with Gasteiger partial charge in [-0.3, -0.25) is 10.1 Å². The molecule has 4 aromatic rings. The van der Waals surface area contributed by atoms with Gasteiger partial charge in [-0.2, -0.15) is 4.98 Å². The van der Waals surface area contributed by atoms with Gasteiger partial charge in [-0.1, -0.05) is 47.6 Å². The lowest BCUT2D eigenvalue weighted by Gasteiger charge is -2.10. The van der Waals surface area contributed by atoms with Gasteiger partial charge in [0, 0.05) is 6.54 Å². The van der Waals surface area contributed by atoms with Crippen LogP contribution in [0.5, 0.6) is 0 Å². The minimum atomic E-state index is -0.274. The normalized spacial score (nSPS) is 10.9. The van der Waals surface area contributed by atoms with Crippen LogP contribution in [0, 0.1) is 6.92 Å². The number of imidazole rings is 1. The Bertz CT molecular complexity index is 1070. The molecule has 8 heteroatoms. The van der Waals surface area contributed by atoms with Crippen molar-refractivity contribution in [3.8, 4) is 0 Å². The summed E-state index contributed by atoms with van der Waals surface area (Å²) in [5.41, 5.74) is 2.81. The molecule has 0 aliphatic rings. The number of benzene rings is 2. The highest BCUT2D eigenvalue weighted by Crippen LogP contribution is 2.20. The lowest BCUT2D eigenvalue weighted by Crippen LogP contribution is -2.20. The predicted octanol–water partition coefficient (Wildman–Crippen LogP) is 2.98. The first-order chi connectivity index (χ1) is 13.2. The summed E-state index contributed by atoms with van der Waals surface area (Å²) in [6.45, 7) is 2.36. The number of carbonyl (C=O) groups is 1. The molecule has 0 fully saturated rings. The van der Waals surface area contributed by atoms with E-state index in [4.69, 9.17) is 4.52 Å². The molecule has 0 atom stereocenters. The Hall–Kier alpha value is -3.68. The highest BCUT2D eigenvalue weighted by molar-refractivity contribution is 5.90. The van der Waals surface area contributed by atoms with E-state index in [1.807, 2.05) is 59.2 Å². The van der Waals surface area contributed by atoms with Gasteiger partial charge in [0.1, 0.15) is 6.54 Å². The number of para-hydroxylation sites is 2. The van der Waals surface area contributed by atoms with Crippen LogP contribution in [-0.4, -0.2) is 25.6 Å². The van der Waals surface area contributed by atoms with Crippen molar-refractivity contribution in [1.82, 2.24) is 19.7 Å². The molecule has 0 aliphatic heterocycles. The number of anilines is 2. The molecule has 136 valence electrons. The maximum Gasteiger partial charge on any atom is 0.328 e. The molecule has 0 saturated carbocycles. The van der Waals surface area contributed by atoms with Gasteiger partial charge in [0.15, 0.2) is 5.82 Å². The van der Waals surface area contributed by atoms with Crippen LogP contribution >= 0.6 is 0 Å². The monoisotopic (exact) mass is 362 g/mol. The molecule has 0 radical (unpaired) electrons. The Kier molecular flexibility index (Phi) is 4.52. The number of amides is 1. The molecular weight excluding hydrogens is 344 g/mol. The summed E-state index contributed by atoms with van der Waals surface area (Å²) in [5.74, 6) is 0.810. The number of hydrogen-bond donors (Lipinski definition) is 2. The second kappa shape index (κ2) is 7.28. The third kappa shape index (κ3) is 3.79. The fourth-order valence-corrected chi connectivity index (χ4v) is 2.80. The number of nitrogens with one attached hydrogen (secondary N) is 2. The van der Waals surface area contributed by atoms with Crippen molar-refractivity contribution in [2.75, 3.05) is 10.6 Å². The topological polar surface area (TPSA) is 97.9 Å². The Labute approximate surface area is 155 Å². The van der Waals surface area contributed by atoms with Gasteiger partial charge in [0.05, 0.1) is 11.0 Å². The van der Waals surface area contributed by atoms with Crippen LogP contribution in [0.4, 0.5) is 12.0 Å². The first-order valence-electron chi connectivity index (χ1n) is 8.52. The molecular formula is C19H18N6O2. The van der Waals surface area contributed by atoms with Crippen LogP contribution in [0.2, 0.25) is 0 Å². The number of aromatic nitrogens is 4. The fourth-order valence-electron chi connectivity index (χ4n) is 2.80. The maximum atomic E-state index is 12.4. The van der Waals surface area contributed by atoms with Gasteiger partial charge in [-0.15, -0.1) is 0 Å². The smallest absolute Gasteiger partial charge is 0.328 e. The molecule has 0 aliphatic carbocycles. The zero-order valence-corrected chi connectivity index (χ0v) is 14.7. The van der Waals surface area contributed by atoms with E-state index in [2.05, 4.69) is 25.8 Å². The summed E-state index contributed by atoms with van der Waals surface area (Å²) in [7, 11) is 0. The van der Waals surface area contributed by atoms with Crippen LogP contribution < -0.4 is 10.6 Å². The van der Waals surface area contributed by atoms with Crippen LogP contribution in [-0.2, 0) is 17.9 Å². The van der Waals surface area contributed by atoms with E-state index >= 15 is 0 Å². The molecule has 0 bridgehead atoms. The van der Waals surface area contributed by atoms with E-state index in [1.165, 1.54) is 0 Å². The third-order valence-corrected chi connectivity index (χ3v) is 4.02. The van der Waals surface area contributed by atoms with Crippen molar-refractivity contribution >= 4 is 28.9 Å². The Morgan fingerprint density at radius 3 is 2.63 bits per heavy atom. The SMILES string of the molecule is Cc1noc(NC(=O)Cn2c(NCc3ccccc3)nc3ccccc32)n1. The first kappa shape index (κ1) is 16.8. The number of nitrogens with zero attached hydrogens (tertiary/aromatic N) is 4. The molecule has 2 heterocycles. The van der Waals surface area contributed by atoms with Crippen molar-refractivity contribution < 1.29 is 9.32 Å². The van der Waals surface area contributed by atoms with Gasteiger partial charge in [0.25, 0.3) is 0 Å². The van der Waals surface area contributed by atoms with Crippen LogP contribution in [0.1, 0.15) is 11.4 Å². The Morgan fingerprint density at radius 2 is 1.85 bits per heavy atom. The Morgan fingerprint density at radius 1 is 1.07 bits per heavy atom. The molecule has 0 unspecified atom stereocenters. The number of carbonyl (C=O) groups excluding carboxylic acids is 1. The minimum absolute atomic E-state index is 0.0685. The lowest BCUT2D eigenvalue weighted by atomic mass is 10.2. The summed E-state index contributed by atoms with van der Waals surface area (Å²) < 4.78 is 6.77. The zero-order valence-electron chi connectivity index (χ0n) is 14.7. The molecule has 8 nitrogen and oxygen atoms in total. The van der Waals surface area contributed by atoms with Gasteiger partial charge >= 0.3 is 6.01 Å². The lowest BCUT2D eigenvalue weighted by molar-refractivity contribution is -0.116. The van der Waals surface area contributed by atoms with E-state index in [1.54, 1.807) is 6.92 Å². The van der Waals surface area contributed by atoms with Crippen molar-refractivity contribution in [3.63, 3.8) is 0 Å². The van der Waals surface area contributed by atoms with E-state index in [0.717, 1.165) is 16.6 Å². The minimum Gasteiger partial charge on any atom is -0.352 e. The van der Waals surface area contributed by atoms with Crippen molar-refractivity contribution in [1.29, 1.82) is 0 Å². The molecule has 2 aromatic heterocycles. The van der Waals surface area contributed by atoms with E-state index in [0.29, 0.717) is 18.3 Å². The second-order valence-electron chi connectivity index (χ2n) is 6.04. The highest BCUT2D eigenvalue weighted by Gasteiger charge is 2.15. The average molecular weight is 362 g/mol. The number of rotatable bonds is 6. The van der Waals surface area contributed by atoms with Gasteiger partial charge in [-0.05, 0) is 24.6 Å². The molecule has 27 heavy (non-hydrogen) atoms. The number of aryl methyl sites for hydroxylation is 1. The van der Waals surface area contributed by atoms with Crippen LogP contribution in [0.15, 0.2) is 59.1 Å². The van der Waals surface area contributed by atoms with Crippen molar-refractivity contribution in [3.05, 3.63) is 66.0 Å². The summed E-state index contributed by atoms with van der Waals surface area (Å²) in [4.78, 5) is 21.0. The quantitative estimate of drug-likeness (QED) is 0.547. The summed E-state index contributed by atoms with van der Waals surface area (Å²) in [6, 6.07) is 17.8. The molecule has 1 amide bonds. The van der Waals surface area contributed by atoms with Crippen LogP contribution in [0.25, 0.3) is 11.0 Å². The first-order valence-corrected chi connectivity index (χ1v) is 8.52. The van der Waals surface area contributed by atoms with E-state index in [-0.39, 0.29) is 18.5 Å². The molecule has 0 saturated heterocycles. The van der Waals surface area contributed by atoms with E-state index in [9.17, 15) is 4.79 Å². The summed E-state index contributed by atoms with van der Waals surface area (Å²) in [5, 5.41) is 9.59. The molecule has 2 aromatic carbocycles. The molecule has 2 N–H and O–H groups in total. The maximum absolute atomic E-state index is 12.4. The third-order valence-electron chi connectivity index (χ3n) is 4.02. The fraction of sp³-hybridized carbons (Fsp3) is 0.158. The predicted molar refractivity (Wildman–Crippen MR) is 101 cm³/mol. The molecule has 0 spiro atoms. The van der Waals surface area contributed by atoms with Gasteiger partial charge in [0.2, 0.25) is 11.9 Å². The van der Waals surface area contributed by atoms with Crippen molar-refractivity contribution in [2.24, 2.45) is 0 Å². The zero-order chi connectivity index (χ0) is 18.6. The summed E-state index contributed by atoms with van der Waals surface area (Å²) >= 11 is 0. The largest absolute Gasteiger partial charge is 0.352 e. The van der Waals surface area contributed by atoms with Gasteiger partial charge < -0.3 is 14.4 Å². The highest BCUT2D eigenvalue weighted by atomic mass is 16.5. The van der Waals surface area contributed by atoms with Gasteiger partial charge in [-0.25, -0.2) is 4.98 Å². The second-order valence-corrected chi connectivity index (χ2v) is 6.04. The number of fused-ring (bicyclic) bond motifs is 1.